The Labute approximate surface area is 73.1 Å². The van der Waals surface area contributed by atoms with E-state index in [2.05, 4.69) is 0 Å². The largest absolute Gasteiger partial charge is 0.392 e. The van der Waals surface area contributed by atoms with Crippen LogP contribution in [0.25, 0.3) is 0 Å². The standard InChI is InChI=1S/C6H8F4O2S/c7-6(8,9)5-2-1-4(5)3-13(10,11)12/h4-5H,1-3H2/t4-,5+/m0/s1. The predicted molar refractivity (Wildman–Crippen MR) is 37.2 cm³/mol. The lowest BCUT2D eigenvalue weighted by molar-refractivity contribution is -0.209. The molecule has 0 aromatic carbocycles. The molecule has 0 aromatic heterocycles. The Morgan fingerprint density at radius 1 is 1.23 bits per heavy atom. The van der Waals surface area contributed by atoms with Crippen molar-refractivity contribution in [2.24, 2.45) is 11.8 Å². The van der Waals surface area contributed by atoms with E-state index in [4.69, 9.17) is 0 Å². The highest BCUT2D eigenvalue weighted by atomic mass is 32.3. The van der Waals surface area contributed by atoms with Crippen LogP contribution in [0, 0.1) is 11.8 Å². The third-order valence-corrected chi connectivity index (χ3v) is 3.08. The molecule has 0 aromatic rings. The average Bonchev–Trinajstić information content (AvgIpc) is 1.73. The van der Waals surface area contributed by atoms with Gasteiger partial charge >= 0.3 is 16.4 Å². The summed E-state index contributed by atoms with van der Waals surface area (Å²) in [7, 11) is -4.78. The molecule has 1 aliphatic rings. The van der Waals surface area contributed by atoms with Gasteiger partial charge in [0, 0.05) is 0 Å². The normalized spacial score (nSPS) is 29.8. The topological polar surface area (TPSA) is 34.1 Å². The van der Waals surface area contributed by atoms with Gasteiger partial charge in [0.15, 0.2) is 0 Å². The molecule has 78 valence electrons. The van der Waals surface area contributed by atoms with Crippen LogP contribution in [-0.4, -0.2) is 20.3 Å². The van der Waals surface area contributed by atoms with E-state index < -0.39 is 34.0 Å². The molecule has 0 bridgehead atoms. The second kappa shape index (κ2) is 3.11. The van der Waals surface area contributed by atoms with Crippen LogP contribution in [0.15, 0.2) is 0 Å². The summed E-state index contributed by atoms with van der Waals surface area (Å²) in [6.45, 7) is 0. The second-order valence-corrected chi connectivity index (χ2v) is 4.60. The zero-order valence-corrected chi connectivity index (χ0v) is 7.33. The van der Waals surface area contributed by atoms with E-state index in [0.717, 1.165) is 0 Å². The van der Waals surface area contributed by atoms with Crippen molar-refractivity contribution in [2.75, 3.05) is 5.75 Å². The van der Waals surface area contributed by atoms with Gasteiger partial charge in [0.2, 0.25) is 0 Å². The molecule has 0 heterocycles. The number of hydrogen-bond acceptors (Lipinski definition) is 2. The van der Waals surface area contributed by atoms with Crippen LogP contribution in [0.3, 0.4) is 0 Å². The number of halogens is 4. The van der Waals surface area contributed by atoms with Crippen molar-refractivity contribution >= 4 is 10.2 Å². The monoisotopic (exact) mass is 220 g/mol. The summed E-state index contributed by atoms with van der Waals surface area (Å²) in [5.74, 6) is -3.73. The molecule has 0 amide bonds. The van der Waals surface area contributed by atoms with Crippen LogP contribution in [0.1, 0.15) is 12.8 Å². The van der Waals surface area contributed by atoms with Gasteiger partial charge in [-0.25, -0.2) is 0 Å². The molecule has 7 heteroatoms. The Morgan fingerprint density at radius 2 is 1.77 bits per heavy atom. The van der Waals surface area contributed by atoms with Crippen molar-refractivity contribution in [3.05, 3.63) is 0 Å². The lowest BCUT2D eigenvalue weighted by atomic mass is 9.74. The minimum atomic E-state index is -4.78. The van der Waals surface area contributed by atoms with E-state index in [1.54, 1.807) is 0 Å². The van der Waals surface area contributed by atoms with Crippen LogP contribution in [0.4, 0.5) is 17.1 Å². The first kappa shape index (κ1) is 10.7. The third-order valence-electron chi connectivity index (χ3n) is 2.25. The van der Waals surface area contributed by atoms with E-state index in [-0.39, 0.29) is 12.8 Å². The number of hydrogen-bond donors (Lipinski definition) is 0. The van der Waals surface area contributed by atoms with Gasteiger partial charge in [0.05, 0.1) is 11.7 Å². The van der Waals surface area contributed by atoms with Crippen LogP contribution in [0.2, 0.25) is 0 Å². The van der Waals surface area contributed by atoms with E-state index in [9.17, 15) is 25.5 Å². The van der Waals surface area contributed by atoms with Crippen LogP contribution in [0.5, 0.6) is 0 Å². The molecule has 13 heavy (non-hydrogen) atoms. The highest BCUT2D eigenvalue weighted by molar-refractivity contribution is 7.86. The van der Waals surface area contributed by atoms with Gasteiger partial charge in [-0.2, -0.15) is 21.6 Å². The average molecular weight is 220 g/mol. The zero-order valence-electron chi connectivity index (χ0n) is 6.51. The first-order valence-electron chi connectivity index (χ1n) is 3.69. The molecular formula is C6H8F4O2S. The van der Waals surface area contributed by atoms with Gasteiger partial charge < -0.3 is 0 Å². The van der Waals surface area contributed by atoms with Crippen molar-refractivity contribution < 1.29 is 25.5 Å². The van der Waals surface area contributed by atoms with Gasteiger partial charge in [0.1, 0.15) is 0 Å². The third kappa shape index (κ3) is 2.82. The first-order valence-corrected chi connectivity index (χ1v) is 5.24. The maximum atomic E-state index is 12.0. The molecule has 0 N–H and O–H groups in total. The summed E-state index contributed by atoms with van der Waals surface area (Å²) in [4.78, 5) is 0. The maximum Gasteiger partial charge on any atom is 0.392 e. The molecule has 0 unspecified atom stereocenters. The molecule has 0 aliphatic heterocycles. The first-order chi connectivity index (χ1) is 5.70. The van der Waals surface area contributed by atoms with E-state index >= 15 is 0 Å². The Morgan fingerprint density at radius 3 is 2.00 bits per heavy atom. The summed E-state index contributed by atoms with van der Waals surface area (Å²) in [5, 5.41) is 0. The van der Waals surface area contributed by atoms with Gasteiger partial charge in [-0.1, -0.05) is 0 Å². The molecule has 1 aliphatic carbocycles. The molecule has 0 saturated heterocycles. The number of alkyl halides is 3. The molecule has 1 rings (SSSR count). The smallest absolute Gasteiger partial charge is 0.195 e. The summed E-state index contributed by atoms with van der Waals surface area (Å²) in [5.41, 5.74) is 0. The molecular weight excluding hydrogens is 212 g/mol. The second-order valence-electron chi connectivity index (χ2n) is 3.19. The van der Waals surface area contributed by atoms with Gasteiger partial charge in [-0.15, -0.1) is 3.89 Å². The Hall–Kier alpha value is -0.330. The van der Waals surface area contributed by atoms with Gasteiger partial charge in [0.25, 0.3) is 0 Å². The highest BCUT2D eigenvalue weighted by Crippen LogP contribution is 2.46. The summed E-state index contributed by atoms with van der Waals surface area (Å²) in [6.07, 6.45) is -4.36. The summed E-state index contributed by atoms with van der Waals surface area (Å²) in [6, 6.07) is 0. The fourth-order valence-corrected chi connectivity index (χ4v) is 2.37. The Kier molecular flexibility index (Phi) is 2.57. The van der Waals surface area contributed by atoms with Crippen LogP contribution < -0.4 is 0 Å². The molecule has 2 nitrogen and oxygen atoms in total. The SMILES string of the molecule is O=S(=O)(F)C[C@@H]1CC[C@H]1C(F)(F)F. The molecule has 2 atom stereocenters. The lowest BCUT2D eigenvalue weighted by Crippen LogP contribution is -2.41. The minimum Gasteiger partial charge on any atom is -0.195 e. The van der Waals surface area contributed by atoms with Crippen molar-refractivity contribution in [1.82, 2.24) is 0 Å². The minimum absolute atomic E-state index is 0.0936. The summed E-state index contributed by atoms with van der Waals surface area (Å²) < 4.78 is 68.2. The van der Waals surface area contributed by atoms with Gasteiger partial charge in [-0.3, -0.25) is 0 Å². The van der Waals surface area contributed by atoms with Gasteiger partial charge in [-0.05, 0) is 18.8 Å². The van der Waals surface area contributed by atoms with Crippen molar-refractivity contribution in [1.29, 1.82) is 0 Å². The van der Waals surface area contributed by atoms with Crippen LogP contribution in [-0.2, 0) is 10.2 Å². The van der Waals surface area contributed by atoms with E-state index in [0.29, 0.717) is 0 Å². The molecule has 1 fully saturated rings. The number of rotatable bonds is 2. The van der Waals surface area contributed by atoms with Crippen molar-refractivity contribution in [2.45, 2.75) is 19.0 Å². The quantitative estimate of drug-likeness (QED) is 0.526. The Bertz CT molecular complexity index is 281. The summed E-state index contributed by atoms with van der Waals surface area (Å²) >= 11 is 0. The van der Waals surface area contributed by atoms with E-state index in [1.807, 2.05) is 0 Å². The zero-order chi connectivity index (χ0) is 10.3. The molecule has 1 saturated carbocycles. The lowest BCUT2D eigenvalue weighted by Gasteiger charge is -2.36. The van der Waals surface area contributed by atoms with Crippen molar-refractivity contribution in [3.63, 3.8) is 0 Å². The molecule has 0 radical (unpaired) electrons. The Balaban J connectivity index is 2.56. The van der Waals surface area contributed by atoms with Crippen molar-refractivity contribution in [3.8, 4) is 0 Å². The van der Waals surface area contributed by atoms with E-state index in [1.165, 1.54) is 0 Å². The van der Waals surface area contributed by atoms with Crippen LogP contribution >= 0.6 is 0 Å². The predicted octanol–water partition coefficient (Wildman–Crippen LogP) is 1.87. The molecule has 0 spiro atoms. The highest BCUT2D eigenvalue weighted by Gasteiger charge is 2.50. The fourth-order valence-electron chi connectivity index (χ4n) is 1.46. The maximum absolute atomic E-state index is 12.0. The fraction of sp³-hybridized carbons (Fsp3) is 1.00.